The third kappa shape index (κ3) is 5.88. The van der Waals surface area contributed by atoms with Gasteiger partial charge in [-0.2, -0.15) is 17.5 Å². The van der Waals surface area contributed by atoms with Crippen LogP contribution in [0.2, 0.25) is 0 Å². The van der Waals surface area contributed by atoms with E-state index in [-0.39, 0.29) is 6.10 Å². The predicted octanol–water partition coefficient (Wildman–Crippen LogP) is 1.72. The van der Waals surface area contributed by atoms with Crippen LogP contribution in [0, 0.1) is 5.92 Å². The number of hydrogen-bond donors (Lipinski definition) is 1. The number of likely N-dealkylation sites (N-methyl/N-ethyl adjacent to an activating group) is 1. The number of alkyl halides is 3. The molecular formula is C15H21F3N2O5S2. The van der Waals surface area contributed by atoms with E-state index >= 15 is 0 Å². The summed E-state index contributed by atoms with van der Waals surface area (Å²) in [5.74, 6) is -2.32. The van der Waals surface area contributed by atoms with Crippen LogP contribution < -0.4 is 0 Å². The second-order valence-corrected chi connectivity index (χ2v) is 9.43. The highest BCUT2D eigenvalue weighted by Gasteiger charge is 2.39. The summed E-state index contributed by atoms with van der Waals surface area (Å²) >= 11 is 1.28. The van der Waals surface area contributed by atoms with Gasteiger partial charge in [-0.1, -0.05) is 6.07 Å². The number of aliphatic carboxylic acids is 1. The first kappa shape index (κ1) is 22.1. The highest BCUT2D eigenvalue weighted by molar-refractivity contribution is 7.91. The first-order valence-corrected chi connectivity index (χ1v) is 10.5. The molecule has 1 aromatic rings. The number of carboxylic acids is 1. The Labute approximate surface area is 159 Å². The van der Waals surface area contributed by atoms with Crippen molar-refractivity contribution in [3.05, 3.63) is 17.5 Å². The molecule has 0 bridgehead atoms. The minimum Gasteiger partial charge on any atom is -0.475 e. The van der Waals surface area contributed by atoms with Gasteiger partial charge in [0.05, 0.1) is 12.7 Å². The van der Waals surface area contributed by atoms with Gasteiger partial charge in [-0.05, 0) is 24.9 Å². The first-order valence-electron chi connectivity index (χ1n) is 8.15. The number of carboxylic acid groups (broad SMARTS) is 1. The third-order valence-corrected chi connectivity index (χ3v) is 7.58. The molecule has 2 fully saturated rings. The molecule has 1 aromatic heterocycles. The third-order valence-electron chi connectivity index (χ3n) is 4.34. The van der Waals surface area contributed by atoms with Gasteiger partial charge in [0.1, 0.15) is 4.21 Å². The minimum absolute atomic E-state index is 0.0310. The molecule has 0 unspecified atom stereocenters. The van der Waals surface area contributed by atoms with Crippen LogP contribution in [0.25, 0.3) is 0 Å². The summed E-state index contributed by atoms with van der Waals surface area (Å²) in [7, 11) is -1.24. The topological polar surface area (TPSA) is 87.2 Å². The van der Waals surface area contributed by atoms with E-state index in [4.69, 9.17) is 14.6 Å². The Kier molecular flexibility index (Phi) is 7.25. The number of hydrogen-bond acceptors (Lipinski definition) is 6. The fourth-order valence-electron chi connectivity index (χ4n) is 2.94. The fraction of sp³-hybridized carbons (Fsp3) is 0.667. The normalized spacial score (nSPS) is 25.0. The maximum absolute atomic E-state index is 12.5. The van der Waals surface area contributed by atoms with Crippen LogP contribution in [0.4, 0.5) is 13.2 Å². The van der Waals surface area contributed by atoms with Crippen LogP contribution >= 0.6 is 11.3 Å². The molecule has 3 rings (SSSR count). The van der Waals surface area contributed by atoms with Crippen LogP contribution in [0.5, 0.6) is 0 Å². The van der Waals surface area contributed by atoms with E-state index in [0.717, 1.165) is 19.5 Å². The highest BCUT2D eigenvalue weighted by atomic mass is 32.2. The number of rotatable bonds is 2. The molecule has 27 heavy (non-hydrogen) atoms. The monoisotopic (exact) mass is 430 g/mol. The molecule has 0 saturated carbocycles. The fourth-order valence-corrected chi connectivity index (χ4v) is 5.55. The number of ether oxygens (including phenoxy) is 1. The minimum atomic E-state index is -5.08. The van der Waals surface area contributed by atoms with Crippen molar-refractivity contribution in [2.75, 3.05) is 39.8 Å². The Morgan fingerprint density at radius 3 is 2.56 bits per heavy atom. The van der Waals surface area contributed by atoms with E-state index in [1.807, 2.05) is 0 Å². The Morgan fingerprint density at radius 1 is 1.33 bits per heavy atom. The van der Waals surface area contributed by atoms with Crippen LogP contribution in [-0.4, -0.2) is 80.8 Å². The van der Waals surface area contributed by atoms with Crippen LogP contribution in [0.15, 0.2) is 21.7 Å². The lowest BCUT2D eigenvalue weighted by Gasteiger charge is -2.36. The molecule has 0 spiro atoms. The van der Waals surface area contributed by atoms with Gasteiger partial charge in [0.15, 0.2) is 0 Å². The van der Waals surface area contributed by atoms with Crippen molar-refractivity contribution < 1.29 is 36.2 Å². The van der Waals surface area contributed by atoms with Crippen molar-refractivity contribution >= 4 is 27.3 Å². The van der Waals surface area contributed by atoms with Gasteiger partial charge in [-0.25, -0.2) is 13.2 Å². The van der Waals surface area contributed by atoms with Crippen molar-refractivity contribution in [2.45, 2.75) is 22.9 Å². The maximum Gasteiger partial charge on any atom is 0.490 e. The summed E-state index contributed by atoms with van der Waals surface area (Å²) in [6.07, 6.45) is -4.18. The number of thiophene rings is 1. The number of piperidine rings is 1. The van der Waals surface area contributed by atoms with Crippen molar-refractivity contribution in [3.8, 4) is 0 Å². The smallest absolute Gasteiger partial charge is 0.475 e. The van der Waals surface area contributed by atoms with Crippen LogP contribution in [0.1, 0.15) is 6.42 Å². The van der Waals surface area contributed by atoms with Crippen molar-refractivity contribution in [3.63, 3.8) is 0 Å². The zero-order valence-electron chi connectivity index (χ0n) is 14.6. The largest absolute Gasteiger partial charge is 0.490 e. The van der Waals surface area contributed by atoms with Gasteiger partial charge in [0, 0.05) is 32.1 Å². The van der Waals surface area contributed by atoms with Gasteiger partial charge in [0.25, 0.3) is 10.0 Å². The number of nitrogens with zero attached hydrogens (tertiary/aromatic N) is 2. The highest BCUT2D eigenvalue weighted by Crippen LogP contribution is 2.29. The molecule has 2 atom stereocenters. The molecular weight excluding hydrogens is 409 g/mol. The Hall–Kier alpha value is -1.21. The van der Waals surface area contributed by atoms with Crippen LogP contribution in [0.3, 0.4) is 0 Å². The summed E-state index contributed by atoms with van der Waals surface area (Å²) in [5, 5.41) is 8.93. The zero-order chi connectivity index (χ0) is 20.2. The van der Waals surface area contributed by atoms with E-state index in [0.29, 0.717) is 29.8 Å². The van der Waals surface area contributed by atoms with Crippen molar-refractivity contribution in [1.82, 2.24) is 9.21 Å². The van der Waals surface area contributed by atoms with Gasteiger partial charge >= 0.3 is 12.1 Å². The van der Waals surface area contributed by atoms with E-state index in [2.05, 4.69) is 11.9 Å². The van der Waals surface area contributed by atoms with Crippen LogP contribution in [-0.2, 0) is 19.6 Å². The zero-order valence-corrected chi connectivity index (χ0v) is 16.2. The lowest BCUT2D eigenvalue weighted by molar-refractivity contribution is -0.192. The number of carbonyl (C=O) groups is 1. The van der Waals surface area contributed by atoms with Gasteiger partial charge in [-0.3, -0.25) is 0 Å². The standard InChI is InChI=1S/C13H20N2O3S2.C2HF3O2/c1-14-6-7-18-12-10-15(5-4-11(12)9-14)20(16,17)13-3-2-8-19-13;3-2(4,5)1(6)7/h2-3,8,11-12H,4-7,9-10H2,1H3;(H,6,7)/t11-,12-;/m1./s1. The summed E-state index contributed by atoms with van der Waals surface area (Å²) in [6.45, 7) is 3.68. The lowest BCUT2D eigenvalue weighted by Crippen LogP contribution is -2.48. The molecule has 12 heteroatoms. The molecule has 1 N–H and O–H groups in total. The first-order chi connectivity index (χ1) is 12.5. The Bertz CT molecular complexity index is 724. The Morgan fingerprint density at radius 2 is 2.00 bits per heavy atom. The molecule has 2 saturated heterocycles. The molecule has 0 amide bonds. The summed E-state index contributed by atoms with van der Waals surface area (Å²) in [5.41, 5.74) is 0. The SMILES string of the molecule is CN1CCO[C@@H]2CN(S(=O)(=O)c3cccs3)CC[C@@H]2C1.O=C(O)C(F)(F)F. The number of halogens is 3. The lowest BCUT2D eigenvalue weighted by atomic mass is 9.95. The average Bonchev–Trinajstić information content (AvgIpc) is 3.04. The van der Waals surface area contributed by atoms with Gasteiger partial charge in [0.2, 0.25) is 0 Å². The van der Waals surface area contributed by atoms with E-state index in [1.165, 1.54) is 11.3 Å². The second-order valence-electron chi connectivity index (χ2n) is 6.32. The molecule has 0 aliphatic carbocycles. The molecule has 0 aromatic carbocycles. The van der Waals surface area contributed by atoms with Gasteiger partial charge < -0.3 is 14.7 Å². The van der Waals surface area contributed by atoms with E-state index in [1.54, 1.807) is 21.8 Å². The molecule has 154 valence electrons. The Balaban J connectivity index is 0.000000321. The molecule has 3 heterocycles. The molecule has 2 aliphatic heterocycles. The average molecular weight is 430 g/mol. The predicted molar refractivity (Wildman–Crippen MR) is 92.1 cm³/mol. The van der Waals surface area contributed by atoms with Crippen molar-refractivity contribution in [2.24, 2.45) is 5.92 Å². The molecule has 7 nitrogen and oxygen atoms in total. The van der Waals surface area contributed by atoms with E-state index in [9.17, 15) is 21.6 Å². The number of sulfonamides is 1. The maximum atomic E-state index is 12.5. The summed E-state index contributed by atoms with van der Waals surface area (Å²) in [6, 6.07) is 3.45. The summed E-state index contributed by atoms with van der Waals surface area (Å²) in [4.78, 5) is 11.2. The quantitative estimate of drug-likeness (QED) is 0.769. The van der Waals surface area contributed by atoms with Crippen molar-refractivity contribution in [1.29, 1.82) is 0 Å². The second kappa shape index (κ2) is 8.86. The number of fused-ring (bicyclic) bond motifs is 1. The van der Waals surface area contributed by atoms with E-state index < -0.39 is 22.2 Å². The summed E-state index contributed by atoms with van der Waals surface area (Å²) < 4.78 is 64.7. The molecule has 0 radical (unpaired) electrons. The van der Waals surface area contributed by atoms with Gasteiger partial charge in [-0.15, -0.1) is 11.3 Å². The molecule has 2 aliphatic rings.